The third-order valence-corrected chi connectivity index (χ3v) is 3.73. The Hall–Kier alpha value is -3.75. The number of anilines is 1. The Morgan fingerprint density at radius 3 is 2.50 bits per heavy atom. The van der Waals surface area contributed by atoms with E-state index in [1.807, 2.05) is 13.0 Å². The molecule has 146 valence electrons. The number of nitrogens with zero attached hydrogens (tertiary/aromatic N) is 1. The Morgan fingerprint density at radius 1 is 1.11 bits per heavy atom. The summed E-state index contributed by atoms with van der Waals surface area (Å²) in [5, 5.41) is 15.6. The first-order valence-corrected chi connectivity index (χ1v) is 8.31. The van der Waals surface area contributed by atoms with E-state index in [0.29, 0.717) is 16.8 Å². The summed E-state index contributed by atoms with van der Waals surface area (Å²) >= 11 is 0. The monoisotopic (exact) mass is 385 g/mol. The number of hydrogen-bond donors (Lipinski definition) is 2. The van der Waals surface area contributed by atoms with E-state index in [1.54, 1.807) is 25.1 Å². The molecule has 0 radical (unpaired) electrons. The van der Waals surface area contributed by atoms with Gasteiger partial charge in [0.1, 0.15) is 6.54 Å². The fourth-order valence-electron chi connectivity index (χ4n) is 2.33. The molecule has 2 aromatic rings. The van der Waals surface area contributed by atoms with E-state index in [1.165, 1.54) is 18.2 Å². The zero-order valence-electron chi connectivity index (χ0n) is 15.4. The van der Waals surface area contributed by atoms with Gasteiger partial charge < -0.3 is 15.4 Å². The van der Waals surface area contributed by atoms with Gasteiger partial charge in [-0.2, -0.15) is 0 Å². The number of benzene rings is 2. The quantitative estimate of drug-likeness (QED) is 0.427. The molecule has 2 amide bonds. The second kappa shape index (κ2) is 9.26. The van der Waals surface area contributed by atoms with E-state index in [0.717, 1.165) is 5.56 Å². The van der Waals surface area contributed by atoms with Gasteiger partial charge >= 0.3 is 5.97 Å². The van der Waals surface area contributed by atoms with Crippen LogP contribution >= 0.6 is 0 Å². The van der Waals surface area contributed by atoms with E-state index in [9.17, 15) is 24.5 Å². The molecule has 0 saturated heterocycles. The Labute approximate surface area is 160 Å². The molecule has 0 atom stereocenters. The Bertz CT molecular complexity index is 926. The van der Waals surface area contributed by atoms with Crippen molar-refractivity contribution in [3.8, 4) is 0 Å². The number of nitro groups is 1. The second-order valence-corrected chi connectivity index (χ2v) is 6.02. The highest BCUT2D eigenvalue weighted by Crippen LogP contribution is 2.21. The number of hydrogen-bond acceptors (Lipinski definition) is 6. The lowest BCUT2D eigenvalue weighted by Gasteiger charge is -2.09. The smallest absolute Gasteiger partial charge is 0.325 e. The highest BCUT2D eigenvalue weighted by atomic mass is 16.6. The van der Waals surface area contributed by atoms with Gasteiger partial charge in [0.15, 0.2) is 6.61 Å². The summed E-state index contributed by atoms with van der Waals surface area (Å²) in [5.41, 5.74) is 2.11. The zero-order chi connectivity index (χ0) is 20.7. The van der Waals surface area contributed by atoms with Crippen molar-refractivity contribution in [3.05, 3.63) is 69.3 Å². The van der Waals surface area contributed by atoms with Crippen LogP contribution in [0.15, 0.2) is 42.5 Å². The third-order valence-electron chi connectivity index (χ3n) is 3.73. The predicted octanol–water partition coefficient (Wildman–Crippen LogP) is 2.12. The maximum Gasteiger partial charge on any atom is 0.325 e. The van der Waals surface area contributed by atoms with Gasteiger partial charge in [-0.1, -0.05) is 17.7 Å². The third kappa shape index (κ3) is 5.90. The Balaban J connectivity index is 1.78. The van der Waals surface area contributed by atoms with Crippen molar-refractivity contribution >= 4 is 29.2 Å². The molecule has 0 heterocycles. The summed E-state index contributed by atoms with van der Waals surface area (Å²) in [6, 6.07) is 10.9. The molecule has 0 aliphatic heterocycles. The van der Waals surface area contributed by atoms with Crippen LogP contribution in [0.25, 0.3) is 0 Å². The van der Waals surface area contributed by atoms with Gasteiger partial charge in [0.25, 0.3) is 17.5 Å². The van der Waals surface area contributed by atoms with Crippen LogP contribution in [-0.4, -0.2) is 35.9 Å². The molecular formula is C19H19N3O6. The highest BCUT2D eigenvalue weighted by Gasteiger charge is 2.13. The highest BCUT2D eigenvalue weighted by molar-refractivity contribution is 5.97. The molecule has 0 bridgehead atoms. The lowest BCUT2D eigenvalue weighted by molar-refractivity contribution is -0.384. The van der Waals surface area contributed by atoms with Crippen molar-refractivity contribution in [1.29, 1.82) is 0 Å². The minimum atomic E-state index is -0.767. The van der Waals surface area contributed by atoms with Crippen molar-refractivity contribution < 1.29 is 24.0 Å². The molecule has 0 fully saturated rings. The van der Waals surface area contributed by atoms with E-state index in [-0.39, 0.29) is 12.2 Å². The van der Waals surface area contributed by atoms with E-state index >= 15 is 0 Å². The van der Waals surface area contributed by atoms with Gasteiger partial charge in [-0.3, -0.25) is 24.5 Å². The molecule has 0 spiro atoms. The van der Waals surface area contributed by atoms with Crippen LogP contribution in [-0.2, 0) is 14.3 Å². The normalized spacial score (nSPS) is 10.1. The summed E-state index contributed by atoms with van der Waals surface area (Å²) in [4.78, 5) is 45.7. The number of carbonyl (C=O) groups is 3. The van der Waals surface area contributed by atoms with Crippen LogP contribution in [0, 0.1) is 24.0 Å². The van der Waals surface area contributed by atoms with E-state index < -0.39 is 29.3 Å². The summed E-state index contributed by atoms with van der Waals surface area (Å²) in [6.07, 6.45) is 0. The number of aryl methyl sites for hydroxylation is 2. The molecular weight excluding hydrogens is 366 g/mol. The van der Waals surface area contributed by atoms with Crippen molar-refractivity contribution in [3.63, 3.8) is 0 Å². The van der Waals surface area contributed by atoms with E-state index in [2.05, 4.69) is 10.6 Å². The van der Waals surface area contributed by atoms with Crippen LogP contribution in [0.3, 0.4) is 0 Å². The first-order chi connectivity index (χ1) is 13.3. The number of carbonyl (C=O) groups excluding carboxylic acids is 3. The van der Waals surface area contributed by atoms with Gasteiger partial charge in [0, 0.05) is 23.4 Å². The molecule has 9 heteroatoms. The van der Waals surface area contributed by atoms with Crippen LogP contribution in [0.5, 0.6) is 0 Å². The van der Waals surface area contributed by atoms with Crippen LogP contribution in [0.4, 0.5) is 11.4 Å². The van der Waals surface area contributed by atoms with Gasteiger partial charge in [-0.05, 0) is 37.6 Å². The fourth-order valence-corrected chi connectivity index (χ4v) is 2.33. The standard InChI is InChI=1S/C19H19N3O6/c1-12-4-3-5-14(8-12)19(25)20-10-18(24)28-11-17(23)21-16-7-6-15(22(26)27)9-13(16)2/h3-9H,10-11H2,1-2H3,(H,20,25)(H,21,23). The lowest BCUT2D eigenvalue weighted by atomic mass is 10.1. The molecule has 2 rings (SSSR count). The SMILES string of the molecule is Cc1cccc(C(=O)NCC(=O)OCC(=O)Nc2ccc([N+](=O)[O-])cc2C)c1. The largest absolute Gasteiger partial charge is 0.454 e. The molecule has 28 heavy (non-hydrogen) atoms. The first kappa shape index (κ1) is 20.6. The number of nitro benzene ring substituents is 1. The molecule has 2 N–H and O–H groups in total. The summed E-state index contributed by atoms with van der Waals surface area (Å²) in [7, 11) is 0. The van der Waals surface area contributed by atoms with Crippen molar-refractivity contribution in [2.45, 2.75) is 13.8 Å². The van der Waals surface area contributed by atoms with Gasteiger partial charge in [0.05, 0.1) is 4.92 Å². The first-order valence-electron chi connectivity index (χ1n) is 8.31. The summed E-state index contributed by atoms with van der Waals surface area (Å²) < 4.78 is 4.81. The Morgan fingerprint density at radius 2 is 1.86 bits per heavy atom. The summed E-state index contributed by atoms with van der Waals surface area (Å²) in [6.45, 7) is 2.53. The lowest BCUT2D eigenvalue weighted by Crippen LogP contribution is -2.32. The second-order valence-electron chi connectivity index (χ2n) is 6.02. The fraction of sp³-hybridized carbons (Fsp3) is 0.211. The maximum absolute atomic E-state index is 11.9. The minimum absolute atomic E-state index is 0.0914. The number of nitrogens with one attached hydrogen (secondary N) is 2. The Kier molecular flexibility index (Phi) is 6.80. The molecule has 0 aliphatic rings. The van der Waals surface area contributed by atoms with Crippen LogP contribution < -0.4 is 10.6 Å². The molecule has 0 saturated carbocycles. The van der Waals surface area contributed by atoms with Crippen molar-refractivity contribution in [2.24, 2.45) is 0 Å². The molecule has 9 nitrogen and oxygen atoms in total. The van der Waals surface area contributed by atoms with Gasteiger partial charge in [-0.25, -0.2) is 0 Å². The average molecular weight is 385 g/mol. The molecule has 0 unspecified atom stereocenters. The maximum atomic E-state index is 11.9. The number of rotatable bonds is 7. The molecule has 0 aliphatic carbocycles. The van der Waals surface area contributed by atoms with Gasteiger partial charge in [0.2, 0.25) is 0 Å². The predicted molar refractivity (Wildman–Crippen MR) is 101 cm³/mol. The van der Waals surface area contributed by atoms with Crippen LogP contribution in [0.1, 0.15) is 21.5 Å². The number of non-ortho nitro benzene ring substituents is 1. The van der Waals surface area contributed by atoms with Crippen LogP contribution in [0.2, 0.25) is 0 Å². The number of ether oxygens (including phenoxy) is 1. The molecule has 2 aromatic carbocycles. The topological polar surface area (TPSA) is 128 Å². The van der Waals surface area contributed by atoms with Crippen molar-refractivity contribution in [2.75, 3.05) is 18.5 Å². The number of esters is 1. The average Bonchev–Trinajstić information content (AvgIpc) is 2.65. The zero-order valence-corrected chi connectivity index (χ0v) is 15.4. The molecule has 0 aromatic heterocycles. The van der Waals surface area contributed by atoms with E-state index in [4.69, 9.17) is 4.74 Å². The summed E-state index contributed by atoms with van der Waals surface area (Å²) in [5.74, 6) is -1.79. The minimum Gasteiger partial charge on any atom is -0.454 e. The number of amides is 2. The van der Waals surface area contributed by atoms with Gasteiger partial charge in [-0.15, -0.1) is 0 Å². The van der Waals surface area contributed by atoms with Crippen molar-refractivity contribution in [1.82, 2.24) is 5.32 Å².